The van der Waals surface area contributed by atoms with Gasteiger partial charge in [-0.1, -0.05) is 0 Å². The fourth-order valence-electron chi connectivity index (χ4n) is 3.66. The molecule has 0 spiro atoms. The maximum atomic E-state index is 12.7. The molecule has 0 aromatic carbocycles. The Bertz CT molecular complexity index is 852. The van der Waals surface area contributed by atoms with Crippen LogP contribution in [0, 0.1) is 0 Å². The molecule has 1 aliphatic rings. The molecule has 0 bridgehead atoms. The van der Waals surface area contributed by atoms with Gasteiger partial charge in [-0.3, -0.25) is 19.1 Å². The van der Waals surface area contributed by atoms with E-state index in [4.69, 9.17) is 0 Å². The second kappa shape index (κ2) is 6.16. The van der Waals surface area contributed by atoms with Gasteiger partial charge in [0.05, 0.1) is 5.52 Å². The highest BCUT2D eigenvalue weighted by molar-refractivity contribution is 5.70. The Balaban J connectivity index is 2.07. The summed E-state index contributed by atoms with van der Waals surface area (Å²) in [5, 5.41) is 0. The number of rotatable bonds is 2. The fourth-order valence-corrected chi connectivity index (χ4v) is 3.66. The molecule has 0 saturated carbocycles. The van der Waals surface area contributed by atoms with Gasteiger partial charge in [-0.2, -0.15) is 0 Å². The number of pyridine rings is 1. The van der Waals surface area contributed by atoms with Gasteiger partial charge in [0.15, 0.2) is 5.65 Å². The SMILES string of the molecule is CCn1c(=O)c(=O)n(C2CCN(C(C)(C)C)CC2)c2ncccc21. The zero-order chi connectivity index (χ0) is 17.5. The zero-order valence-electron chi connectivity index (χ0n) is 15.0. The first-order chi connectivity index (χ1) is 11.3. The largest absolute Gasteiger partial charge is 0.318 e. The molecule has 6 heteroatoms. The van der Waals surface area contributed by atoms with Crippen molar-refractivity contribution in [2.24, 2.45) is 0 Å². The normalized spacial score (nSPS) is 17.5. The lowest BCUT2D eigenvalue weighted by Crippen LogP contribution is -2.49. The molecular formula is C18H26N4O2. The van der Waals surface area contributed by atoms with Crippen molar-refractivity contribution in [3.05, 3.63) is 39.0 Å². The molecule has 24 heavy (non-hydrogen) atoms. The van der Waals surface area contributed by atoms with Crippen LogP contribution >= 0.6 is 0 Å². The standard InChI is InChI=1S/C18H26N4O2/c1-5-21-14-7-6-10-19-15(14)22(17(24)16(21)23)13-8-11-20(12-9-13)18(2,3)4/h6-7,10,13H,5,8-9,11-12H2,1-4H3. The highest BCUT2D eigenvalue weighted by Crippen LogP contribution is 2.27. The Labute approximate surface area is 141 Å². The van der Waals surface area contributed by atoms with Gasteiger partial charge in [-0.05, 0) is 52.7 Å². The van der Waals surface area contributed by atoms with Crippen molar-refractivity contribution in [3.63, 3.8) is 0 Å². The molecule has 2 aromatic heterocycles. The molecule has 0 radical (unpaired) electrons. The molecule has 0 atom stereocenters. The molecule has 130 valence electrons. The van der Waals surface area contributed by atoms with Gasteiger partial charge in [0, 0.05) is 37.4 Å². The molecule has 1 aliphatic heterocycles. The van der Waals surface area contributed by atoms with Crippen LogP contribution in [-0.2, 0) is 6.54 Å². The Morgan fingerprint density at radius 1 is 1.17 bits per heavy atom. The Hall–Kier alpha value is -1.95. The van der Waals surface area contributed by atoms with Crippen molar-refractivity contribution in [2.75, 3.05) is 13.1 Å². The van der Waals surface area contributed by atoms with Gasteiger partial charge in [0.1, 0.15) is 0 Å². The zero-order valence-corrected chi connectivity index (χ0v) is 15.0. The summed E-state index contributed by atoms with van der Waals surface area (Å²) in [6.45, 7) is 10.8. The van der Waals surface area contributed by atoms with Gasteiger partial charge in [-0.25, -0.2) is 4.98 Å². The third kappa shape index (κ3) is 2.79. The molecule has 2 aromatic rings. The number of nitrogens with zero attached hydrogens (tertiary/aromatic N) is 4. The lowest BCUT2D eigenvalue weighted by Gasteiger charge is -2.41. The molecule has 0 N–H and O–H groups in total. The van der Waals surface area contributed by atoms with Crippen molar-refractivity contribution in [2.45, 2.75) is 58.7 Å². The quantitative estimate of drug-likeness (QED) is 0.791. The summed E-state index contributed by atoms with van der Waals surface area (Å²) in [6, 6.07) is 3.71. The monoisotopic (exact) mass is 330 g/mol. The van der Waals surface area contributed by atoms with E-state index in [1.807, 2.05) is 19.1 Å². The highest BCUT2D eigenvalue weighted by atomic mass is 16.2. The minimum Gasteiger partial charge on any atom is -0.301 e. The van der Waals surface area contributed by atoms with E-state index in [1.165, 1.54) is 4.57 Å². The van der Waals surface area contributed by atoms with Crippen LogP contribution in [0.1, 0.15) is 46.6 Å². The van der Waals surface area contributed by atoms with Crippen LogP contribution in [0.5, 0.6) is 0 Å². The lowest BCUT2D eigenvalue weighted by molar-refractivity contribution is 0.0897. The molecular weight excluding hydrogens is 304 g/mol. The van der Waals surface area contributed by atoms with Gasteiger partial charge in [-0.15, -0.1) is 0 Å². The lowest BCUT2D eigenvalue weighted by atomic mass is 9.98. The second-order valence-electron chi connectivity index (χ2n) is 7.46. The minimum atomic E-state index is -0.448. The van der Waals surface area contributed by atoms with Crippen LogP contribution in [-0.4, -0.2) is 37.6 Å². The smallest absolute Gasteiger partial charge is 0.301 e. The first-order valence-electron chi connectivity index (χ1n) is 8.69. The summed E-state index contributed by atoms with van der Waals surface area (Å²) in [6.07, 6.45) is 3.41. The predicted octanol–water partition coefficient (Wildman–Crippen LogP) is 2.01. The average Bonchev–Trinajstić information content (AvgIpc) is 2.56. The number of aryl methyl sites for hydroxylation is 1. The van der Waals surface area contributed by atoms with Crippen LogP contribution in [0.4, 0.5) is 0 Å². The minimum absolute atomic E-state index is 0.0349. The first kappa shape index (κ1) is 16.9. The summed E-state index contributed by atoms with van der Waals surface area (Å²) in [4.78, 5) is 32.1. The predicted molar refractivity (Wildman–Crippen MR) is 95.5 cm³/mol. The third-order valence-electron chi connectivity index (χ3n) is 5.03. The maximum Gasteiger partial charge on any atom is 0.318 e. The molecule has 1 fully saturated rings. The van der Waals surface area contributed by atoms with E-state index in [1.54, 1.807) is 10.8 Å². The van der Waals surface area contributed by atoms with Crippen LogP contribution in [0.2, 0.25) is 0 Å². The third-order valence-corrected chi connectivity index (χ3v) is 5.03. The van der Waals surface area contributed by atoms with E-state index in [0.29, 0.717) is 12.2 Å². The van der Waals surface area contributed by atoms with Crippen LogP contribution < -0.4 is 11.1 Å². The molecule has 0 aliphatic carbocycles. The van der Waals surface area contributed by atoms with Crippen molar-refractivity contribution < 1.29 is 0 Å². The van der Waals surface area contributed by atoms with Crippen LogP contribution in [0.3, 0.4) is 0 Å². The Morgan fingerprint density at radius 2 is 1.83 bits per heavy atom. The Morgan fingerprint density at radius 3 is 2.42 bits per heavy atom. The van der Waals surface area contributed by atoms with Crippen LogP contribution in [0.15, 0.2) is 27.9 Å². The summed E-state index contributed by atoms with van der Waals surface area (Å²) in [7, 11) is 0. The molecule has 6 nitrogen and oxygen atoms in total. The van der Waals surface area contributed by atoms with Crippen molar-refractivity contribution in [3.8, 4) is 0 Å². The van der Waals surface area contributed by atoms with Crippen molar-refractivity contribution >= 4 is 11.2 Å². The summed E-state index contributed by atoms with van der Waals surface area (Å²) in [5.74, 6) is 0. The fraction of sp³-hybridized carbons (Fsp3) is 0.611. The molecule has 0 amide bonds. The Kier molecular flexibility index (Phi) is 4.34. The molecule has 3 heterocycles. The van der Waals surface area contributed by atoms with E-state index >= 15 is 0 Å². The number of hydrogen-bond donors (Lipinski definition) is 0. The van der Waals surface area contributed by atoms with E-state index < -0.39 is 11.1 Å². The van der Waals surface area contributed by atoms with Crippen molar-refractivity contribution in [1.29, 1.82) is 0 Å². The number of fused-ring (bicyclic) bond motifs is 1. The second-order valence-corrected chi connectivity index (χ2v) is 7.46. The van der Waals surface area contributed by atoms with Crippen molar-refractivity contribution in [1.82, 2.24) is 19.0 Å². The first-order valence-corrected chi connectivity index (χ1v) is 8.69. The van der Waals surface area contributed by atoms with E-state index in [2.05, 4.69) is 30.7 Å². The average molecular weight is 330 g/mol. The van der Waals surface area contributed by atoms with Gasteiger partial charge >= 0.3 is 11.1 Å². The van der Waals surface area contributed by atoms with Crippen LogP contribution in [0.25, 0.3) is 11.2 Å². The molecule has 3 rings (SSSR count). The van der Waals surface area contributed by atoms with E-state index in [-0.39, 0.29) is 11.6 Å². The van der Waals surface area contributed by atoms with Gasteiger partial charge < -0.3 is 4.57 Å². The maximum absolute atomic E-state index is 12.7. The van der Waals surface area contributed by atoms with Gasteiger partial charge in [0.25, 0.3) is 0 Å². The number of hydrogen-bond acceptors (Lipinski definition) is 4. The van der Waals surface area contributed by atoms with E-state index in [0.717, 1.165) is 31.4 Å². The van der Waals surface area contributed by atoms with Gasteiger partial charge in [0.2, 0.25) is 0 Å². The topological polar surface area (TPSA) is 60.1 Å². The highest BCUT2D eigenvalue weighted by Gasteiger charge is 2.29. The summed E-state index contributed by atoms with van der Waals surface area (Å²) < 4.78 is 3.16. The number of aromatic nitrogens is 3. The summed E-state index contributed by atoms with van der Waals surface area (Å²) in [5.41, 5.74) is 0.594. The molecule has 1 saturated heterocycles. The van der Waals surface area contributed by atoms with E-state index in [9.17, 15) is 9.59 Å². The number of likely N-dealkylation sites (tertiary alicyclic amines) is 1. The number of piperidine rings is 1. The molecule has 0 unspecified atom stereocenters. The summed E-state index contributed by atoms with van der Waals surface area (Å²) >= 11 is 0.